The van der Waals surface area contributed by atoms with Gasteiger partial charge >= 0.3 is 0 Å². The number of hydrogen-bond acceptors (Lipinski definition) is 3. The van der Waals surface area contributed by atoms with Gasteiger partial charge < -0.3 is 5.73 Å². The Morgan fingerprint density at radius 1 is 1.41 bits per heavy atom. The minimum Gasteiger partial charge on any atom is -0.319 e. The molecule has 0 aromatic carbocycles. The van der Waals surface area contributed by atoms with Crippen molar-refractivity contribution in [1.29, 1.82) is 0 Å². The van der Waals surface area contributed by atoms with E-state index in [0.717, 1.165) is 17.3 Å². The smallest absolute Gasteiger partial charge is 0.113 e. The average molecular weight is 252 g/mol. The molecule has 1 aliphatic carbocycles. The molecule has 0 aliphatic heterocycles. The average Bonchev–Trinajstić information content (AvgIpc) is 2.73. The molecule has 0 bridgehead atoms. The van der Waals surface area contributed by atoms with Crippen molar-refractivity contribution in [2.75, 3.05) is 0 Å². The van der Waals surface area contributed by atoms with Crippen molar-refractivity contribution in [1.82, 2.24) is 4.98 Å². The standard InChI is InChI=1S/C14H24N2S/c1-9(2)12-8-17-13(16-12)14(15)7-10(3)5-6-11(14)4/h8-11H,5-7,15H2,1-4H3. The third-order valence-electron chi connectivity index (χ3n) is 4.17. The summed E-state index contributed by atoms with van der Waals surface area (Å²) < 4.78 is 0. The van der Waals surface area contributed by atoms with E-state index in [0.29, 0.717) is 11.8 Å². The summed E-state index contributed by atoms with van der Waals surface area (Å²) in [5, 5.41) is 3.33. The lowest BCUT2D eigenvalue weighted by atomic mass is 9.70. The maximum absolute atomic E-state index is 6.68. The summed E-state index contributed by atoms with van der Waals surface area (Å²) in [5.74, 6) is 1.77. The van der Waals surface area contributed by atoms with Crippen LogP contribution in [0.4, 0.5) is 0 Å². The van der Waals surface area contributed by atoms with Crippen molar-refractivity contribution in [2.24, 2.45) is 17.6 Å². The van der Waals surface area contributed by atoms with E-state index in [2.05, 4.69) is 33.1 Å². The molecule has 17 heavy (non-hydrogen) atoms. The largest absolute Gasteiger partial charge is 0.319 e. The maximum atomic E-state index is 6.68. The molecule has 3 atom stereocenters. The van der Waals surface area contributed by atoms with Crippen LogP contribution >= 0.6 is 11.3 Å². The van der Waals surface area contributed by atoms with Gasteiger partial charge in [0.2, 0.25) is 0 Å². The molecule has 1 aliphatic rings. The number of nitrogens with two attached hydrogens (primary N) is 1. The maximum Gasteiger partial charge on any atom is 0.113 e. The molecule has 3 heteroatoms. The van der Waals surface area contributed by atoms with Gasteiger partial charge in [0.25, 0.3) is 0 Å². The Morgan fingerprint density at radius 3 is 2.71 bits per heavy atom. The van der Waals surface area contributed by atoms with Crippen molar-refractivity contribution in [3.8, 4) is 0 Å². The Morgan fingerprint density at radius 2 is 2.12 bits per heavy atom. The highest BCUT2D eigenvalue weighted by Crippen LogP contribution is 2.43. The van der Waals surface area contributed by atoms with E-state index < -0.39 is 0 Å². The fraction of sp³-hybridized carbons (Fsp3) is 0.786. The van der Waals surface area contributed by atoms with Crippen molar-refractivity contribution in [3.63, 3.8) is 0 Å². The molecule has 2 rings (SSSR count). The van der Waals surface area contributed by atoms with Crippen LogP contribution in [-0.4, -0.2) is 4.98 Å². The zero-order valence-electron chi connectivity index (χ0n) is 11.4. The minimum absolute atomic E-state index is 0.185. The van der Waals surface area contributed by atoms with Gasteiger partial charge in [-0.15, -0.1) is 11.3 Å². The Labute approximate surface area is 109 Å². The lowest BCUT2D eigenvalue weighted by Gasteiger charge is -2.40. The second-order valence-electron chi connectivity index (χ2n) is 6.06. The SMILES string of the molecule is CC1CCC(C)C(N)(c2nc(C(C)C)cs2)C1. The summed E-state index contributed by atoms with van der Waals surface area (Å²) in [5.41, 5.74) is 7.69. The van der Waals surface area contributed by atoms with Crippen molar-refractivity contribution < 1.29 is 0 Å². The molecule has 1 aromatic heterocycles. The Hall–Kier alpha value is -0.410. The van der Waals surface area contributed by atoms with Crippen LogP contribution in [0.25, 0.3) is 0 Å². The number of hydrogen-bond donors (Lipinski definition) is 1. The van der Waals surface area contributed by atoms with Gasteiger partial charge in [-0.2, -0.15) is 0 Å². The molecule has 1 heterocycles. The van der Waals surface area contributed by atoms with Crippen molar-refractivity contribution >= 4 is 11.3 Å². The van der Waals surface area contributed by atoms with Crippen LogP contribution in [-0.2, 0) is 5.54 Å². The fourth-order valence-electron chi connectivity index (χ4n) is 2.74. The molecular weight excluding hydrogens is 228 g/mol. The summed E-state index contributed by atoms with van der Waals surface area (Å²) in [4.78, 5) is 4.78. The third kappa shape index (κ3) is 2.41. The first-order valence-corrected chi connectivity index (χ1v) is 7.56. The second kappa shape index (κ2) is 4.69. The predicted octanol–water partition coefficient (Wildman–Crippen LogP) is 3.88. The number of nitrogens with zero attached hydrogens (tertiary/aromatic N) is 1. The van der Waals surface area contributed by atoms with E-state index in [9.17, 15) is 0 Å². The lowest BCUT2D eigenvalue weighted by molar-refractivity contribution is 0.161. The number of thiazole rings is 1. The van der Waals surface area contributed by atoms with E-state index >= 15 is 0 Å². The first-order valence-electron chi connectivity index (χ1n) is 6.68. The molecule has 2 N–H and O–H groups in total. The van der Waals surface area contributed by atoms with E-state index in [-0.39, 0.29) is 5.54 Å². The third-order valence-corrected chi connectivity index (χ3v) is 5.22. The van der Waals surface area contributed by atoms with E-state index in [1.807, 2.05) is 0 Å². The second-order valence-corrected chi connectivity index (χ2v) is 6.92. The zero-order valence-corrected chi connectivity index (χ0v) is 12.2. The molecule has 1 fully saturated rings. The molecule has 0 amide bonds. The van der Waals surface area contributed by atoms with Crippen LogP contribution in [0.1, 0.15) is 63.6 Å². The molecule has 0 saturated heterocycles. The Kier molecular flexibility index (Phi) is 3.60. The van der Waals surface area contributed by atoms with Gasteiger partial charge in [0.1, 0.15) is 5.01 Å². The van der Waals surface area contributed by atoms with Gasteiger partial charge in [-0.25, -0.2) is 4.98 Å². The number of rotatable bonds is 2. The summed E-state index contributed by atoms with van der Waals surface area (Å²) in [6.07, 6.45) is 3.62. The van der Waals surface area contributed by atoms with Crippen molar-refractivity contribution in [2.45, 2.75) is 58.4 Å². The summed E-state index contributed by atoms with van der Waals surface area (Å²) >= 11 is 1.75. The van der Waals surface area contributed by atoms with Crippen LogP contribution in [0.15, 0.2) is 5.38 Å². The van der Waals surface area contributed by atoms with Gasteiger partial charge in [0, 0.05) is 5.38 Å². The van der Waals surface area contributed by atoms with Crippen LogP contribution in [0.2, 0.25) is 0 Å². The quantitative estimate of drug-likeness (QED) is 0.867. The van der Waals surface area contributed by atoms with Gasteiger partial charge in [-0.05, 0) is 30.6 Å². The molecule has 0 radical (unpaired) electrons. The molecule has 2 nitrogen and oxygen atoms in total. The highest BCUT2D eigenvalue weighted by atomic mass is 32.1. The molecule has 3 unspecified atom stereocenters. The minimum atomic E-state index is -0.185. The van der Waals surface area contributed by atoms with Crippen LogP contribution in [0, 0.1) is 11.8 Å². The molecule has 1 saturated carbocycles. The summed E-state index contributed by atoms with van der Waals surface area (Å²) in [6, 6.07) is 0. The summed E-state index contributed by atoms with van der Waals surface area (Å²) in [7, 11) is 0. The van der Waals surface area contributed by atoms with Gasteiger partial charge in [-0.1, -0.05) is 34.1 Å². The van der Waals surface area contributed by atoms with Crippen molar-refractivity contribution in [3.05, 3.63) is 16.1 Å². The van der Waals surface area contributed by atoms with E-state index in [4.69, 9.17) is 10.7 Å². The van der Waals surface area contributed by atoms with Crippen LogP contribution in [0.5, 0.6) is 0 Å². The fourth-order valence-corrected chi connectivity index (χ4v) is 3.95. The molecule has 0 spiro atoms. The first-order chi connectivity index (χ1) is 7.93. The topological polar surface area (TPSA) is 38.9 Å². The zero-order chi connectivity index (χ0) is 12.6. The predicted molar refractivity (Wildman–Crippen MR) is 74.2 cm³/mol. The normalized spacial score (nSPS) is 34.2. The Balaban J connectivity index is 2.28. The monoisotopic (exact) mass is 252 g/mol. The molecule has 1 aromatic rings. The highest BCUT2D eigenvalue weighted by Gasteiger charge is 2.40. The van der Waals surface area contributed by atoms with Crippen LogP contribution in [0.3, 0.4) is 0 Å². The lowest BCUT2D eigenvalue weighted by Crippen LogP contribution is -2.47. The summed E-state index contributed by atoms with van der Waals surface area (Å²) in [6.45, 7) is 8.97. The Bertz CT molecular complexity index is 385. The highest BCUT2D eigenvalue weighted by molar-refractivity contribution is 7.09. The van der Waals surface area contributed by atoms with Crippen LogP contribution < -0.4 is 5.73 Å². The van der Waals surface area contributed by atoms with E-state index in [1.165, 1.54) is 18.5 Å². The van der Waals surface area contributed by atoms with Gasteiger partial charge in [0.05, 0.1) is 11.2 Å². The first kappa shape index (κ1) is 13.0. The number of aromatic nitrogens is 1. The molecular formula is C14H24N2S. The van der Waals surface area contributed by atoms with Gasteiger partial charge in [0.15, 0.2) is 0 Å². The van der Waals surface area contributed by atoms with E-state index in [1.54, 1.807) is 11.3 Å². The molecule has 96 valence electrons. The van der Waals surface area contributed by atoms with Gasteiger partial charge in [-0.3, -0.25) is 0 Å².